The van der Waals surface area contributed by atoms with Gasteiger partial charge in [0.15, 0.2) is 11.2 Å². The number of carbonyl (C=O) groups excluding carboxylic acids is 2. The van der Waals surface area contributed by atoms with Crippen molar-refractivity contribution < 1.29 is 18.7 Å². The van der Waals surface area contributed by atoms with E-state index in [-0.39, 0.29) is 30.6 Å². The number of oxazole rings is 1. The number of benzene rings is 1. The summed E-state index contributed by atoms with van der Waals surface area (Å²) in [6.07, 6.45) is 5.46. The Morgan fingerprint density at radius 2 is 2.19 bits per heavy atom. The van der Waals surface area contributed by atoms with Crippen LogP contribution in [0.3, 0.4) is 0 Å². The van der Waals surface area contributed by atoms with Gasteiger partial charge in [-0.3, -0.25) is 4.79 Å². The molecule has 1 aromatic carbocycles. The number of hydrogen-bond acceptors (Lipinski definition) is 6. The van der Waals surface area contributed by atoms with Crippen LogP contribution >= 0.6 is 0 Å². The topological polar surface area (TPSA) is 98.7 Å². The molecular weight excluding hydrogens is 346 g/mol. The van der Waals surface area contributed by atoms with Crippen molar-refractivity contribution in [2.24, 2.45) is 0 Å². The minimum Gasteiger partial charge on any atom is -0.463 e. The number of anilines is 1. The maximum atomic E-state index is 13.6. The van der Waals surface area contributed by atoms with Crippen LogP contribution in [-0.4, -0.2) is 34.9 Å². The summed E-state index contributed by atoms with van der Waals surface area (Å²) in [6.45, 7) is 3.59. The molecule has 0 saturated carbocycles. The zero-order valence-electron chi connectivity index (χ0n) is 14.9. The number of nitrogens with two attached hydrogens (primary N) is 1. The highest BCUT2D eigenvalue weighted by atomic mass is 16.5. The molecule has 1 amide bonds. The number of allylic oxidation sites excluding steroid dienone is 1. The molecule has 4 rings (SSSR count). The minimum atomic E-state index is -1.47. The molecule has 7 nitrogen and oxygen atoms in total. The normalized spacial score (nSPS) is 20.0. The van der Waals surface area contributed by atoms with E-state index in [1.54, 1.807) is 26.0 Å². The highest BCUT2D eigenvalue weighted by Crippen LogP contribution is 2.57. The van der Waals surface area contributed by atoms with Crippen molar-refractivity contribution >= 4 is 17.9 Å². The van der Waals surface area contributed by atoms with Gasteiger partial charge in [-0.25, -0.2) is 4.79 Å². The van der Waals surface area contributed by atoms with E-state index in [1.165, 1.54) is 4.90 Å². The largest absolute Gasteiger partial charge is 0.463 e. The highest BCUT2D eigenvalue weighted by molar-refractivity contribution is 6.14. The van der Waals surface area contributed by atoms with E-state index in [9.17, 15) is 9.59 Å². The average molecular weight is 363 g/mol. The molecule has 27 heavy (non-hydrogen) atoms. The molecule has 1 aliphatic carbocycles. The third kappa shape index (κ3) is 1.95. The Labute approximate surface area is 155 Å². The number of terminal acetylenes is 1. The molecule has 2 aliphatic rings. The van der Waals surface area contributed by atoms with E-state index in [0.717, 1.165) is 0 Å². The van der Waals surface area contributed by atoms with Crippen molar-refractivity contribution in [1.82, 2.24) is 9.88 Å². The quantitative estimate of drug-likeness (QED) is 0.660. The van der Waals surface area contributed by atoms with Gasteiger partial charge in [-0.05, 0) is 19.4 Å². The van der Waals surface area contributed by atoms with Gasteiger partial charge in [0.25, 0.3) is 6.01 Å². The smallest absolute Gasteiger partial charge is 0.337 e. The first-order valence-corrected chi connectivity index (χ1v) is 8.49. The number of esters is 1. The van der Waals surface area contributed by atoms with Crippen molar-refractivity contribution in [2.75, 3.05) is 18.9 Å². The van der Waals surface area contributed by atoms with Gasteiger partial charge in [-0.1, -0.05) is 30.2 Å². The number of fused-ring (bicyclic) bond motifs is 5. The van der Waals surface area contributed by atoms with Crippen LogP contribution in [0.4, 0.5) is 6.01 Å². The summed E-state index contributed by atoms with van der Waals surface area (Å²) in [4.78, 5) is 32.3. The van der Waals surface area contributed by atoms with Crippen LogP contribution in [0.15, 0.2) is 40.0 Å². The average Bonchev–Trinajstić information content (AvgIpc) is 3.22. The van der Waals surface area contributed by atoms with Gasteiger partial charge in [-0.15, -0.1) is 6.42 Å². The molecule has 1 spiro atoms. The Bertz CT molecular complexity index is 1060. The highest BCUT2D eigenvalue weighted by Gasteiger charge is 2.63. The third-order valence-corrected chi connectivity index (χ3v) is 5.01. The van der Waals surface area contributed by atoms with E-state index < -0.39 is 11.4 Å². The number of nitrogens with zero attached hydrogens (tertiary/aromatic N) is 2. The number of rotatable bonds is 3. The SMILES string of the molecule is C#CCN1C(=O)C2(C(C(=O)OCC)=C1C)c1ccccc1-c1oc(N)nc12. The molecule has 136 valence electrons. The monoisotopic (exact) mass is 363 g/mol. The van der Waals surface area contributed by atoms with Crippen molar-refractivity contribution in [2.45, 2.75) is 19.3 Å². The fraction of sp³-hybridized carbons (Fsp3) is 0.250. The molecule has 0 saturated heterocycles. The Hall–Kier alpha value is -3.53. The lowest BCUT2D eigenvalue weighted by Crippen LogP contribution is -2.42. The summed E-state index contributed by atoms with van der Waals surface area (Å²) >= 11 is 0. The molecule has 0 fully saturated rings. The van der Waals surface area contributed by atoms with Gasteiger partial charge in [0.05, 0.1) is 18.7 Å². The first kappa shape index (κ1) is 16.9. The van der Waals surface area contributed by atoms with E-state index in [4.69, 9.17) is 21.3 Å². The summed E-state index contributed by atoms with van der Waals surface area (Å²) < 4.78 is 10.9. The molecule has 0 radical (unpaired) electrons. The summed E-state index contributed by atoms with van der Waals surface area (Å²) in [6, 6.07) is 7.14. The second-order valence-electron chi connectivity index (χ2n) is 6.30. The van der Waals surface area contributed by atoms with Gasteiger partial charge < -0.3 is 19.8 Å². The zero-order chi connectivity index (χ0) is 19.3. The predicted molar refractivity (Wildman–Crippen MR) is 97.0 cm³/mol. The van der Waals surface area contributed by atoms with Crippen molar-refractivity contribution in [3.8, 4) is 23.7 Å². The van der Waals surface area contributed by atoms with Crippen molar-refractivity contribution in [3.05, 3.63) is 46.8 Å². The van der Waals surface area contributed by atoms with E-state index >= 15 is 0 Å². The number of ether oxygens (including phenoxy) is 1. The molecular formula is C20H17N3O4. The minimum absolute atomic E-state index is 0.0279. The van der Waals surface area contributed by atoms with Crippen molar-refractivity contribution in [3.63, 3.8) is 0 Å². The predicted octanol–water partition coefficient (Wildman–Crippen LogP) is 1.84. The molecule has 1 aromatic heterocycles. The van der Waals surface area contributed by atoms with E-state index in [0.29, 0.717) is 28.3 Å². The summed E-state index contributed by atoms with van der Waals surface area (Å²) in [5.74, 6) is 1.90. The molecule has 2 N–H and O–H groups in total. The van der Waals surface area contributed by atoms with Crippen LogP contribution in [0.1, 0.15) is 25.1 Å². The van der Waals surface area contributed by atoms with Crippen LogP contribution in [0.25, 0.3) is 11.3 Å². The van der Waals surface area contributed by atoms with Gasteiger partial charge in [0, 0.05) is 11.3 Å². The van der Waals surface area contributed by atoms with Gasteiger partial charge in [0.2, 0.25) is 5.91 Å². The van der Waals surface area contributed by atoms with E-state index in [2.05, 4.69) is 10.9 Å². The van der Waals surface area contributed by atoms with Crippen LogP contribution in [-0.2, 0) is 19.7 Å². The number of carbonyl (C=O) groups is 2. The van der Waals surface area contributed by atoms with Crippen LogP contribution in [0, 0.1) is 12.3 Å². The Morgan fingerprint density at radius 1 is 1.44 bits per heavy atom. The van der Waals surface area contributed by atoms with Gasteiger partial charge in [-0.2, -0.15) is 4.98 Å². The summed E-state index contributed by atoms with van der Waals surface area (Å²) in [7, 11) is 0. The second-order valence-corrected chi connectivity index (χ2v) is 6.30. The first-order valence-electron chi connectivity index (χ1n) is 8.49. The maximum absolute atomic E-state index is 13.6. The zero-order valence-corrected chi connectivity index (χ0v) is 14.9. The molecule has 1 unspecified atom stereocenters. The molecule has 2 aromatic rings. The molecule has 1 atom stereocenters. The number of nitrogen functional groups attached to an aromatic ring is 1. The lowest BCUT2D eigenvalue weighted by Gasteiger charge is -2.26. The number of aromatic nitrogens is 1. The summed E-state index contributed by atoms with van der Waals surface area (Å²) in [5.41, 5.74) is 6.53. The molecule has 2 heterocycles. The first-order chi connectivity index (χ1) is 13.0. The number of hydrogen-bond donors (Lipinski definition) is 1. The standard InChI is InChI=1S/C20H17N3O4/c1-4-10-23-11(3)14(17(24)26-5-2)20(18(23)25)13-9-7-6-8-12(13)15-16(20)22-19(21)27-15/h1,6-9H,5,10H2,2-3H3,(H2,21,22). The molecule has 7 heteroatoms. The Balaban J connectivity index is 2.09. The molecule has 0 bridgehead atoms. The summed E-state index contributed by atoms with van der Waals surface area (Å²) in [5, 5.41) is 0. The third-order valence-electron chi connectivity index (χ3n) is 5.01. The van der Waals surface area contributed by atoms with Crippen LogP contribution < -0.4 is 5.73 Å². The lowest BCUT2D eigenvalue weighted by molar-refractivity contribution is -0.140. The number of amides is 1. The van der Waals surface area contributed by atoms with Crippen LogP contribution in [0.2, 0.25) is 0 Å². The van der Waals surface area contributed by atoms with Gasteiger partial charge >= 0.3 is 5.97 Å². The van der Waals surface area contributed by atoms with E-state index in [1.807, 2.05) is 12.1 Å². The maximum Gasteiger partial charge on any atom is 0.337 e. The van der Waals surface area contributed by atoms with Crippen molar-refractivity contribution in [1.29, 1.82) is 0 Å². The van der Waals surface area contributed by atoms with Crippen LogP contribution in [0.5, 0.6) is 0 Å². The van der Waals surface area contributed by atoms with Gasteiger partial charge in [0.1, 0.15) is 5.69 Å². The second kappa shape index (κ2) is 5.74. The molecule has 1 aliphatic heterocycles. The fourth-order valence-corrected chi connectivity index (χ4v) is 4.03. The lowest BCUT2D eigenvalue weighted by atomic mass is 9.74. The fourth-order valence-electron chi connectivity index (χ4n) is 4.03. The Morgan fingerprint density at radius 3 is 2.89 bits per heavy atom. The Kier molecular flexibility index (Phi) is 3.60.